The van der Waals surface area contributed by atoms with Crippen LogP contribution in [0, 0.1) is 0 Å². The van der Waals surface area contributed by atoms with Crippen LogP contribution in [0.25, 0.3) is 0 Å². The van der Waals surface area contributed by atoms with E-state index in [1.54, 1.807) is 0 Å². The first-order valence-corrected chi connectivity index (χ1v) is 10.7. The molecule has 108 valence electrons. The van der Waals surface area contributed by atoms with Crippen molar-refractivity contribution in [2.24, 2.45) is 0 Å². The Balaban J connectivity index is 1.86. The molecule has 0 aliphatic carbocycles. The smallest absolute Gasteiger partial charge is 0.186 e. The summed E-state index contributed by atoms with van der Waals surface area (Å²) >= 11 is 0. The molecule has 0 atom stereocenters. The van der Waals surface area contributed by atoms with Crippen molar-refractivity contribution in [1.82, 2.24) is 10.2 Å². The number of hydrogen-bond acceptors (Lipinski definition) is 3. The molecule has 4 heteroatoms. The number of likely N-dealkylation sites (tertiary alicyclic amines) is 1. The van der Waals surface area contributed by atoms with Crippen LogP contribution in [0.2, 0.25) is 19.1 Å². The van der Waals surface area contributed by atoms with E-state index in [4.69, 9.17) is 4.43 Å². The lowest BCUT2D eigenvalue weighted by Crippen LogP contribution is -2.36. The van der Waals surface area contributed by atoms with Gasteiger partial charge in [0.2, 0.25) is 0 Å². The first-order chi connectivity index (χ1) is 8.64. The Morgan fingerprint density at radius 2 is 1.78 bits per heavy atom. The summed E-state index contributed by atoms with van der Waals surface area (Å²) in [4.78, 5) is 2.59. The third-order valence-corrected chi connectivity index (χ3v) is 6.65. The van der Waals surface area contributed by atoms with Gasteiger partial charge < -0.3 is 14.6 Å². The van der Waals surface area contributed by atoms with Crippen LogP contribution in [-0.4, -0.2) is 53.1 Å². The summed E-state index contributed by atoms with van der Waals surface area (Å²) in [5.41, 5.74) is 0. The average Bonchev–Trinajstić information content (AvgIpc) is 2.39. The molecule has 0 radical (unpaired) electrons. The maximum absolute atomic E-state index is 5.56. The van der Waals surface area contributed by atoms with E-state index >= 15 is 0 Å². The Labute approximate surface area is 114 Å². The zero-order chi connectivity index (χ0) is 13.3. The van der Waals surface area contributed by atoms with Gasteiger partial charge in [0.1, 0.15) is 0 Å². The van der Waals surface area contributed by atoms with Crippen molar-refractivity contribution in [3.63, 3.8) is 0 Å². The maximum Gasteiger partial charge on any atom is 0.186 e. The van der Waals surface area contributed by atoms with Gasteiger partial charge in [-0.2, -0.15) is 0 Å². The predicted molar refractivity (Wildman–Crippen MR) is 81.7 cm³/mol. The highest BCUT2D eigenvalue weighted by Gasteiger charge is 2.19. The van der Waals surface area contributed by atoms with Crippen molar-refractivity contribution in [3.05, 3.63) is 0 Å². The number of hydrogen-bond donors (Lipinski definition) is 1. The van der Waals surface area contributed by atoms with E-state index in [1.165, 1.54) is 64.3 Å². The summed E-state index contributed by atoms with van der Waals surface area (Å²) in [7, 11) is 0.556. The molecular weight excluding hydrogens is 240 g/mol. The van der Waals surface area contributed by atoms with Gasteiger partial charge in [-0.15, -0.1) is 0 Å². The highest BCUT2D eigenvalue weighted by molar-refractivity contribution is 6.71. The predicted octanol–water partition coefficient (Wildman–Crippen LogP) is 2.69. The van der Waals surface area contributed by atoms with E-state index in [2.05, 4.69) is 23.3 Å². The van der Waals surface area contributed by atoms with E-state index in [-0.39, 0.29) is 0 Å². The molecule has 1 fully saturated rings. The van der Waals surface area contributed by atoms with E-state index in [0.717, 1.165) is 6.54 Å². The Hall–Kier alpha value is 0.0969. The molecule has 0 bridgehead atoms. The molecule has 0 saturated carbocycles. The zero-order valence-electron chi connectivity index (χ0n) is 12.6. The molecule has 0 amide bonds. The number of nitrogens with one attached hydrogen (secondary N) is 1. The Morgan fingerprint density at radius 3 is 2.44 bits per heavy atom. The Bertz CT molecular complexity index is 206. The average molecular weight is 273 g/mol. The van der Waals surface area contributed by atoms with Crippen LogP contribution in [0.4, 0.5) is 0 Å². The second kappa shape index (κ2) is 9.07. The molecule has 1 rings (SSSR count). The molecule has 1 heterocycles. The summed E-state index contributed by atoms with van der Waals surface area (Å²) in [6, 6.07) is 1.29. The highest BCUT2D eigenvalue weighted by atomic mass is 28.4. The third-order valence-electron chi connectivity index (χ3n) is 3.99. The molecule has 0 unspecified atom stereocenters. The number of unbranched alkanes of at least 4 members (excludes halogenated alkanes) is 1. The van der Waals surface area contributed by atoms with Crippen molar-refractivity contribution >= 4 is 8.32 Å². The normalized spacial score (nSPS) is 18.2. The fourth-order valence-electron chi connectivity index (χ4n) is 2.45. The summed E-state index contributed by atoms with van der Waals surface area (Å²) in [6.07, 6.45) is 6.83. The second-order valence-electron chi connectivity index (χ2n) is 6.07. The minimum atomic E-state index is -1.31. The van der Waals surface area contributed by atoms with E-state index in [1.807, 2.05) is 7.11 Å². The third kappa shape index (κ3) is 7.51. The fourth-order valence-corrected chi connectivity index (χ4v) is 3.75. The van der Waals surface area contributed by atoms with Crippen LogP contribution in [0.15, 0.2) is 0 Å². The molecule has 1 N–H and O–H groups in total. The van der Waals surface area contributed by atoms with Crippen molar-refractivity contribution in [2.75, 3.05) is 39.8 Å². The minimum Gasteiger partial charge on any atom is -0.420 e. The van der Waals surface area contributed by atoms with Crippen molar-refractivity contribution < 1.29 is 4.43 Å². The van der Waals surface area contributed by atoms with E-state index < -0.39 is 8.32 Å². The SMILES string of the molecule is CO[Si](C)(C)CCCCNCCN1CCCCC1. The molecule has 1 saturated heterocycles. The van der Waals surface area contributed by atoms with Crippen LogP contribution in [0.5, 0.6) is 0 Å². The molecular formula is C14H32N2OSi. The second-order valence-corrected chi connectivity index (χ2v) is 10.5. The fraction of sp³-hybridized carbons (Fsp3) is 1.00. The maximum atomic E-state index is 5.56. The topological polar surface area (TPSA) is 24.5 Å². The lowest BCUT2D eigenvalue weighted by atomic mass is 10.1. The highest BCUT2D eigenvalue weighted by Crippen LogP contribution is 2.13. The van der Waals surface area contributed by atoms with Gasteiger partial charge in [0, 0.05) is 20.2 Å². The molecule has 0 spiro atoms. The van der Waals surface area contributed by atoms with Crippen LogP contribution in [-0.2, 0) is 4.43 Å². The summed E-state index contributed by atoms with van der Waals surface area (Å²) < 4.78 is 5.56. The summed E-state index contributed by atoms with van der Waals surface area (Å²) in [5.74, 6) is 0. The number of nitrogens with zero attached hydrogens (tertiary/aromatic N) is 1. The standard InChI is InChI=1S/C14H32N2OSi/c1-17-18(2,3)14-8-5-9-15-10-13-16-11-6-4-7-12-16/h15H,4-14H2,1-3H3. The largest absolute Gasteiger partial charge is 0.420 e. The Kier molecular flexibility index (Phi) is 8.14. The molecule has 1 aliphatic rings. The van der Waals surface area contributed by atoms with Gasteiger partial charge in [0.15, 0.2) is 8.32 Å². The van der Waals surface area contributed by atoms with Crippen LogP contribution < -0.4 is 5.32 Å². The number of piperidine rings is 1. The summed E-state index contributed by atoms with van der Waals surface area (Å²) in [5, 5.41) is 3.57. The molecule has 18 heavy (non-hydrogen) atoms. The van der Waals surface area contributed by atoms with Gasteiger partial charge in [-0.25, -0.2) is 0 Å². The monoisotopic (exact) mass is 272 g/mol. The van der Waals surface area contributed by atoms with Gasteiger partial charge in [0.25, 0.3) is 0 Å². The summed E-state index contributed by atoms with van der Waals surface area (Å²) in [6.45, 7) is 10.8. The van der Waals surface area contributed by atoms with Gasteiger partial charge in [0.05, 0.1) is 0 Å². The van der Waals surface area contributed by atoms with Crippen LogP contribution >= 0.6 is 0 Å². The first-order valence-electron chi connectivity index (χ1n) is 7.62. The van der Waals surface area contributed by atoms with Gasteiger partial charge in [-0.05, 0) is 58.0 Å². The van der Waals surface area contributed by atoms with E-state index in [0.29, 0.717) is 0 Å². The minimum absolute atomic E-state index is 1.16. The molecule has 1 aliphatic heterocycles. The van der Waals surface area contributed by atoms with Gasteiger partial charge in [-0.3, -0.25) is 0 Å². The van der Waals surface area contributed by atoms with Crippen molar-refractivity contribution in [2.45, 2.75) is 51.2 Å². The van der Waals surface area contributed by atoms with Gasteiger partial charge in [-0.1, -0.05) is 12.8 Å². The van der Waals surface area contributed by atoms with Crippen LogP contribution in [0.1, 0.15) is 32.1 Å². The molecule has 3 nitrogen and oxygen atoms in total. The zero-order valence-corrected chi connectivity index (χ0v) is 13.6. The molecule has 0 aromatic carbocycles. The Morgan fingerprint density at radius 1 is 1.06 bits per heavy atom. The quantitative estimate of drug-likeness (QED) is 0.516. The van der Waals surface area contributed by atoms with Crippen LogP contribution in [0.3, 0.4) is 0 Å². The van der Waals surface area contributed by atoms with Crippen molar-refractivity contribution in [3.8, 4) is 0 Å². The molecule has 0 aromatic heterocycles. The lowest BCUT2D eigenvalue weighted by Gasteiger charge is -2.26. The number of rotatable bonds is 9. The van der Waals surface area contributed by atoms with E-state index in [9.17, 15) is 0 Å². The molecule has 0 aromatic rings. The van der Waals surface area contributed by atoms with Gasteiger partial charge >= 0.3 is 0 Å². The first kappa shape index (κ1) is 16.2. The lowest BCUT2D eigenvalue weighted by molar-refractivity contribution is 0.229. The van der Waals surface area contributed by atoms with Crippen molar-refractivity contribution in [1.29, 1.82) is 0 Å².